The van der Waals surface area contributed by atoms with Crippen molar-refractivity contribution in [2.75, 3.05) is 18.6 Å². The van der Waals surface area contributed by atoms with E-state index in [1.54, 1.807) is 0 Å². The molecule has 0 aromatic rings. The van der Waals surface area contributed by atoms with Crippen molar-refractivity contribution in [3.05, 3.63) is 0 Å². The number of nitrogens with one attached hydrogen (secondary N) is 1. The zero-order chi connectivity index (χ0) is 10.8. The van der Waals surface area contributed by atoms with Gasteiger partial charge in [0.2, 0.25) is 0 Å². The Bertz CT molecular complexity index is 115. The highest BCUT2D eigenvalue weighted by Gasteiger charge is 2.05. The summed E-state index contributed by atoms with van der Waals surface area (Å²) in [6, 6.07) is 0.727. The molecule has 0 radical (unpaired) electrons. The molecule has 1 atom stereocenters. The molecule has 86 valence electrons. The molecule has 0 saturated carbocycles. The standard InChI is InChI=1S/C12H27NS/c1-5-9-14-10-12(13-4)8-6-7-11(2)3/h11-13H,5-10H2,1-4H3. The lowest BCUT2D eigenvalue weighted by Crippen LogP contribution is -2.27. The van der Waals surface area contributed by atoms with Crippen molar-refractivity contribution in [2.24, 2.45) is 5.92 Å². The van der Waals surface area contributed by atoms with Crippen LogP contribution in [0.25, 0.3) is 0 Å². The van der Waals surface area contributed by atoms with E-state index in [-0.39, 0.29) is 0 Å². The van der Waals surface area contributed by atoms with Crippen molar-refractivity contribution in [1.29, 1.82) is 0 Å². The van der Waals surface area contributed by atoms with Crippen LogP contribution in [-0.4, -0.2) is 24.6 Å². The third-order valence-corrected chi connectivity index (χ3v) is 3.74. The van der Waals surface area contributed by atoms with Crippen molar-refractivity contribution in [3.8, 4) is 0 Å². The van der Waals surface area contributed by atoms with Crippen LogP contribution in [0.3, 0.4) is 0 Å². The van der Waals surface area contributed by atoms with E-state index < -0.39 is 0 Å². The predicted octanol–water partition coefficient (Wildman–Crippen LogP) is 3.54. The van der Waals surface area contributed by atoms with Crippen molar-refractivity contribution in [3.63, 3.8) is 0 Å². The Balaban J connectivity index is 3.38. The average Bonchev–Trinajstić information content (AvgIpc) is 2.15. The van der Waals surface area contributed by atoms with Crippen molar-refractivity contribution in [2.45, 2.75) is 52.5 Å². The molecule has 0 saturated heterocycles. The van der Waals surface area contributed by atoms with Gasteiger partial charge in [-0.15, -0.1) is 0 Å². The van der Waals surface area contributed by atoms with Gasteiger partial charge in [-0.3, -0.25) is 0 Å². The Hall–Kier alpha value is 0.310. The molecule has 2 heteroatoms. The first-order valence-electron chi connectivity index (χ1n) is 5.95. The van der Waals surface area contributed by atoms with Gasteiger partial charge in [0.25, 0.3) is 0 Å². The molecule has 1 nitrogen and oxygen atoms in total. The van der Waals surface area contributed by atoms with E-state index in [1.165, 1.54) is 37.2 Å². The molecule has 0 amide bonds. The topological polar surface area (TPSA) is 12.0 Å². The Labute approximate surface area is 94.4 Å². The second-order valence-electron chi connectivity index (χ2n) is 4.39. The summed E-state index contributed by atoms with van der Waals surface area (Å²) in [6.45, 7) is 6.86. The number of rotatable bonds is 9. The van der Waals surface area contributed by atoms with Gasteiger partial charge >= 0.3 is 0 Å². The first kappa shape index (κ1) is 14.3. The maximum absolute atomic E-state index is 3.41. The van der Waals surface area contributed by atoms with Crippen LogP contribution >= 0.6 is 11.8 Å². The molecule has 0 spiro atoms. The Morgan fingerprint density at radius 2 is 1.93 bits per heavy atom. The minimum Gasteiger partial charge on any atom is -0.316 e. The van der Waals surface area contributed by atoms with Crippen LogP contribution in [0.4, 0.5) is 0 Å². The molecule has 0 aromatic carbocycles. The molecule has 0 bridgehead atoms. The van der Waals surface area contributed by atoms with E-state index in [9.17, 15) is 0 Å². The summed E-state index contributed by atoms with van der Waals surface area (Å²) >= 11 is 2.08. The highest BCUT2D eigenvalue weighted by Crippen LogP contribution is 2.12. The molecule has 0 aromatic heterocycles. The lowest BCUT2D eigenvalue weighted by atomic mass is 10.0. The molecule has 0 aliphatic heterocycles. The predicted molar refractivity (Wildman–Crippen MR) is 69.2 cm³/mol. The number of hydrogen-bond acceptors (Lipinski definition) is 2. The van der Waals surface area contributed by atoms with E-state index in [0.29, 0.717) is 0 Å². The fourth-order valence-corrected chi connectivity index (χ4v) is 2.53. The van der Waals surface area contributed by atoms with Crippen molar-refractivity contribution in [1.82, 2.24) is 5.32 Å². The van der Waals surface area contributed by atoms with Crippen LogP contribution in [0.5, 0.6) is 0 Å². The van der Waals surface area contributed by atoms with Crippen LogP contribution < -0.4 is 5.32 Å². The monoisotopic (exact) mass is 217 g/mol. The molecule has 0 heterocycles. The summed E-state index contributed by atoms with van der Waals surface area (Å²) in [6.07, 6.45) is 5.38. The van der Waals surface area contributed by atoms with Gasteiger partial charge in [-0.1, -0.05) is 33.6 Å². The molecule has 14 heavy (non-hydrogen) atoms. The number of hydrogen-bond donors (Lipinski definition) is 1. The van der Waals surface area contributed by atoms with Gasteiger partial charge in [0.15, 0.2) is 0 Å². The van der Waals surface area contributed by atoms with E-state index >= 15 is 0 Å². The third kappa shape index (κ3) is 8.89. The molecule has 1 unspecified atom stereocenters. The lowest BCUT2D eigenvalue weighted by molar-refractivity contribution is 0.483. The second kappa shape index (κ2) is 9.85. The second-order valence-corrected chi connectivity index (χ2v) is 5.54. The van der Waals surface area contributed by atoms with Gasteiger partial charge in [-0.2, -0.15) is 11.8 Å². The van der Waals surface area contributed by atoms with Crippen LogP contribution in [0.2, 0.25) is 0 Å². The van der Waals surface area contributed by atoms with Gasteiger partial charge < -0.3 is 5.32 Å². The Morgan fingerprint density at radius 3 is 2.43 bits per heavy atom. The van der Waals surface area contributed by atoms with Gasteiger partial charge in [-0.05, 0) is 31.6 Å². The average molecular weight is 217 g/mol. The maximum Gasteiger partial charge on any atom is 0.0155 e. The fourth-order valence-electron chi connectivity index (χ4n) is 1.45. The molecule has 0 rings (SSSR count). The quantitative estimate of drug-likeness (QED) is 0.593. The summed E-state index contributed by atoms with van der Waals surface area (Å²) in [4.78, 5) is 0. The Kier molecular flexibility index (Phi) is 10.1. The molecule has 0 fully saturated rings. The largest absolute Gasteiger partial charge is 0.316 e. The maximum atomic E-state index is 3.41. The van der Waals surface area contributed by atoms with Crippen LogP contribution in [0, 0.1) is 5.92 Å². The van der Waals surface area contributed by atoms with Crippen LogP contribution in [0.1, 0.15) is 46.5 Å². The summed E-state index contributed by atoms with van der Waals surface area (Å²) in [5.74, 6) is 3.45. The van der Waals surface area contributed by atoms with E-state index in [1.807, 2.05) is 0 Å². The summed E-state index contributed by atoms with van der Waals surface area (Å²) in [5.41, 5.74) is 0. The van der Waals surface area contributed by atoms with Crippen molar-refractivity contribution < 1.29 is 0 Å². The Morgan fingerprint density at radius 1 is 1.21 bits per heavy atom. The van der Waals surface area contributed by atoms with Crippen molar-refractivity contribution >= 4 is 11.8 Å². The zero-order valence-electron chi connectivity index (χ0n) is 10.3. The highest BCUT2D eigenvalue weighted by molar-refractivity contribution is 7.99. The SMILES string of the molecule is CCCSCC(CCCC(C)C)NC. The first-order valence-corrected chi connectivity index (χ1v) is 7.11. The van der Waals surface area contributed by atoms with E-state index in [0.717, 1.165) is 12.0 Å². The fraction of sp³-hybridized carbons (Fsp3) is 1.00. The summed E-state index contributed by atoms with van der Waals surface area (Å²) in [5, 5.41) is 3.41. The van der Waals surface area contributed by atoms with Gasteiger partial charge in [0, 0.05) is 11.8 Å². The van der Waals surface area contributed by atoms with Gasteiger partial charge in [0.1, 0.15) is 0 Å². The smallest absolute Gasteiger partial charge is 0.0155 e. The van der Waals surface area contributed by atoms with Gasteiger partial charge in [0.05, 0.1) is 0 Å². The van der Waals surface area contributed by atoms with Crippen LogP contribution in [-0.2, 0) is 0 Å². The molecular formula is C12H27NS. The summed E-state index contributed by atoms with van der Waals surface area (Å²) < 4.78 is 0. The highest BCUT2D eigenvalue weighted by atomic mass is 32.2. The molecule has 0 aliphatic rings. The van der Waals surface area contributed by atoms with E-state index in [2.05, 4.69) is 44.9 Å². The lowest BCUT2D eigenvalue weighted by Gasteiger charge is -2.16. The molecular weight excluding hydrogens is 190 g/mol. The normalized spacial score (nSPS) is 13.5. The van der Waals surface area contributed by atoms with E-state index in [4.69, 9.17) is 0 Å². The summed E-state index contributed by atoms with van der Waals surface area (Å²) in [7, 11) is 2.09. The minimum absolute atomic E-state index is 0.727. The minimum atomic E-state index is 0.727. The molecule has 0 aliphatic carbocycles. The first-order chi connectivity index (χ1) is 6.70. The third-order valence-electron chi connectivity index (χ3n) is 2.41. The number of thioether (sulfide) groups is 1. The molecule has 1 N–H and O–H groups in total. The van der Waals surface area contributed by atoms with Gasteiger partial charge in [-0.25, -0.2) is 0 Å². The zero-order valence-corrected chi connectivity index (χ0v) is 11.1. The van der Waals surface area contributed by atoms with Crippen LogP contribution in [0.15, 0.2) is 0 Å².